The second-order valence-corrected chi connectivity index (χ2v) is 4.82. The van der Waals surface area contributed by atoms with Crippen molar-refractivity contribution in [3.63, 3.8) is 0 Å². The quantitative estimate of drug-likeness (QED) is 0.819. The molecule has 0 radical (unpaired) electrons. The molecule has 2 rings (SSSR count). The van der Waals surface area contributed by atoms with Gasteiger partial charge in [-0.25, -0.2) is 0 Å². The van der Waals surface area contributed by atoms with Gasteiger partial charge in [-0.1, -0.05) is 22.0 Å². The summed E-state index contributed by atoms with van der Waals surface area (Å²) < 4.78 is 1.08. The van der Waals surface area contributed by atoms with Gasteiger partial charge in [0, 0.05) is 27.6 Å². The molecule has 1 atom stereocenters. The smallest absolute Gasteiger partial charge is 0.0458 e. The molecule has 0 unspecified atom stereocenters. The van der Waals surface area contributed by atoms with Crippen LogP contribution in [0.1, 0.15) is 24.4 Å². The maximum Gasteiger partial charge on any atom is 0.0458 e. The number of H-pyrrole nitrogens is 1. The minimum absolute atomic E-state index is 0.0704. The molecule has 0 aliphatic rings. The van der Waals surface area contributed by atoms with E-state index >= 15 is 0 Å². The van der Waals surface area contributed by atoms with E-state index in [-0.39, 0.29) is 6.04 Å². The summed E-state index contributed by atoms with van der Waals surface area (Å²) in [5.41, 5.74) is 8.47. The first-order valence-electron chi connectivity index (χ1n) is 5.35. The monoisotopic (exact) mass is 278 g/mol. The third-order valence-corrected chi connectivity index (χ3v) is 3.25. The number of fused-ring (bicyclic) bond motifs is 1. The van der Waals surface area contributed by atoms with Crippen molar-refractivity contribution in [1.29, 1.82) is 0 Å². The van der Waals surface area contributed by atoms with Gasteiger partial charge in [-0.2, -0.15) is 0 Å². The number of allylic oxidation sites excluding steroid dienone is 1. The molecule has 0 spiro atoms. The van der Waals surface area contributed by atoms with E-state index in [0.29, 0.717) is 0 Å². The normalized spacial score (nSPS) is 12.9. The number of nitrogens with two attached hydrogens (primary N) is 1. The summed E-state index contributed by atoms with van der Waals surface area (Å²) >= 11 is 3.48. The third-order valence-electron chi connectivity index (χ3n) is 2.76. The van der Waals surface area contributed by atoms with Gasteiger partial charge in [-0.05, 0) is 36.6 Å². The van der Waals surface area contributed by atoms with E-state index in [2.05, 4.69) is 39.6 Å². The summed E-state index contributed by atoms with van der Waals surface area (Å²) in [6.45, 7) is 3.72. The molecule has 3 N–H and O–H groups in total. The van der Waals surface area contributed by atoms with Gasteiger partial charge in [0.1, 0.15) is 0 Å². The number of hydrogen-bond acceptors (Lipinski definition) is 1. The molecule has 1 heterocycles. The topological polar surface area (TPSA) is 41.8 Å². The second kappa shape index (κ2) is 4.85. The maximum atomic E-state index is 6.16. The molecule has 2 nitrogen and oxygen atoms in total. The van der Waals surface area contributed by atoms with E-state index in [1.165, 1.54) is 10.9 Å². The highest BCUT2D eigenvalue weighted by molar-refractivity contribution is 9.10. The highest BCUT2D eigenvalue weighted by Gasteiger charge is 2.10. The van der Waals surface area contributed by atoms with Gasteiger partial charge < -0.3 is 10.7 Å². The van der Waals surface area contributed by atoms with Crippen LogP contribution in [0, 0.1) is 0 Å². The van der Waals surface area contributed by atoms with Gasteiger partial charge in [0.15, 0.2) is 0 Å². The Morgan fingerprint density at radius 2 is 2.31 bits per heavy atom. The zero-order chi connectivity index (χ0) is 11.5. The van der Waals surface area contributed by atoms with E-state index in [0.717, 1.165) is 22.8 Å². The molecule has 1 aromatic carbocycles. The first-order chi connectivity index (χ1) is 7.72. The predicted molar refractivity (Wildman–Crippen MR) is 72.4 cm³/mol. The molecule has 0 saturated heterocycles. The first kappa shape index (κ1) is 11.4. The third kappa shape index (κ3) is 2.20. The van der Waals surface area contributed by atoms with Crippen LogP contribution in [0.3, 0.4) is 0 Å². The Kier molecular flexibility index (Phi) is 3.46. The summed E-state index contributed by atoms with van der Waals surface area (Å²) in [7, 11) is 0. The molecular weight excluding hydrogens is 264 g/mol. The lowest BCUT2D eigenvalue weighted by molar-refractivity contribution is 0.666. The fraction of sp³-hybridized carbons (Fsp3) is 0.231. The van der Waals surface area contributed by atoms with Crippen LogP contribution in [0.25, 0.3) is 10.9 Å². The minimum Gasteiger partial charge on any atom is -0.361 e. The SMILES string of the molecule is C=CCC[C@@H](N)c1c[nH]c2ccc(Br)cc12. The van der Waals surface area contributed by atoms with E-state index < -0.39 is 0 Å². The largest absolute Gasteiger partial charge is 0.361 e. The number of halogens is 1. The molecule has 0 aliphatic carbocycles. The van der Waals surface area contributed by atoms with Gasteiger partial charge in [-0.3, -0.25) is 0 Å². The number of aromatic amines is 1. The molecule has 0 fully saturated rings. The molecular formula is C13H15BrN2. The Morgan fingerprint density at radius 1 is 1.50 bits per heavy atom. The van der Waals surface area contributed by atoms with Crippen LogP contribution < -0.4 is 5.73 Å². The standard InChI is InChI=1S/C13H15BrN2/c1-2-3-4-12(15)11-8-16-13-6-5-9(14)7-10(11)13/h2,5-8,12,16H,1,3-4,15H2/t12-/m1/s1. The Balaban J connectivity index is 2.36. The van der Waals surface area contributed by atoms with Crippen LogP contribution in [0.15, 0.2) is 41.5 Å². The average Bonchev–Trinajstić information content (AvgIpc) is 2.68. The van der Waals surface area contributed by atoms with Crippen molar-refractivity contribution in [2.24, 2.45) is 5.73 Å². The Labute approximate surface area is 104 Å². The summed E-state index contributed by atoms with van der Waals surface area (Å²) in [4.78, 5) is 3.25. The summed E-state index contributed by atoms with van der Waals surface area (Å²) in [5.74, 6) is 0. The zero-order valence-corrected chi connectivity index (χ0v) is 10.6. The Hall–Kier alpha value is -1.06. The number of aromatic nitrogens is 1. The van der Waals surface area contributed by atoms with Gasteiger partial charge in [-0.15, -0.1) is 6.58 Å². The lowest BCUT2D eigenvalue weighted by atomic mass is 10.0. The van der Waals surface area contributed by atoms with Crippen LogP contribution in [0.5, 0.6) is 0 Å². The Morgan fingerprint density at radius 3 is 3.06 bits per heavy atom. The van der Waals surface area contributed by atoms with Gasteiger partial charge in [0.25, 0.3) is 0 Å². The predicted octanol–water partition coefficient (Wildman–Crippen LogP) is 3.90. The highest BCUT2D eigenvalue weighted by atomic mass is 79.9. The molecule has 0 saturated carbocycles. The molecule has 16 heavy (non-hydrogen) atoms. The number of benzene rings is 1. The average molecular weight is 279 g/mol. The van der Waals surface area contributed by atoms with E-state index in [9.17, 15) is 0 Å². The van der Waals surface area contributed by atoms with Crippen LogP contribution in [-0.2, 0) is 0 Å². The van der Waals surface area contributed by atoms with Crippen molar-refractivity contribution in [2.75, 3.05) is 0 Å². The van der Waals surface area contributed by atoms with Crippen molar-refractivity contribution in [3.8, 4) is 0 Å². The van der Waals surface area contributed by atoms with E-state index in [1.807, 2.05) is 18.3 Å². The van der Waals surface area contributed by atoms with Crippen LogP contribution in [0.4, 0.5) is 0 Å². The van der Waals surface area contributed by atoms with Crippen molar-refractivity contribution in [1.82, 2.24) is 4.98 Å². The van der Waals surface area contributed by atoms with Crippen molar-refractivity contribution >= 4 is 26.8 Å². The van der Waals surface area contributed by atoms with Crippen LogP contribution in [0.2, 0.25) is 0 Å². The van der Waals surface area contributed by atoms with Crippen LogP contribution in [-0.4, -0.2) is 4.98 Å². The van der Waals surface area contributed by atoms with E-state index in [1.54, 1.807) is 0 Å². The number of rotatable bonds is 4. The van der Waals surface area contributed by atoms with Crippen molar-refractivity contribution < 1.29 is 0 Å². The molecule has 2 aromatic rings. The fourth-order valence-corrected chi connectivity index (χ4v) is 2.24. The molecule has 84 valence electrons. The molecule has 0 aliphatic heterocycles. The zero-order valence-electron chi connectivity index (χ0n) is 9.04. The lowest BCUT2D eigenvalue weighted by Crippen LogP contribution is -2.08. The summed E-state index contributed by atoms with van der Waals surface area (Å²) in [6, 6.07) is 6.26. The van der Waals surface area contributed by atoms with Crippen LogP contribution >= 0.6 is 15.9 Å². The molecule has 1 aromatic heterocycles. The molecule has 3 heteroatoms. The second-order valence-electron chi connectivity index (χ2n) is 3.91. The molecule has 0 bridgehead atoms. The molecule has 0 amide bonds. The fourth-order valence-electron chi connectivity index (χ4n) is 1.87. The number of nitrogens with one attached hydrogen (secondary N) is 1. The summed E-state index contributed by atoms with van der Waals surface area (Å²) in [5, 5.41) is 1.20. The van der Waals surface area contributed by atoms with Crippen molar-refractivity contribution in [3.05, 3.63) is 47.1 Å². The number of hydrogen-bond donors (Lipinski definition) is 2. The van der Waals surface area contributed by atoms with Gasteiger partial charge in [0.2, 0.25) is 0 Å². The van der Waals surface area contributed by atoms with Crippen molar-refractivity contribution in [2.45, 2.75) is 18.9 Å². The summed E-state index contributed by atoms with van der Waals surface area (Å²) in [6.07, 6.45) is 5.79. The van der Waals surface area contributed by atoms with E-state index in [4.69, 9.17) is 5.73 Å². The van der Waals surface area contributed by atoms with Gasteiger partial charge >= 0.3 is 0 Å². The Bertz CT molecular complexity index is 502. The first-order valence-corrected chi connectivity index (χ1v) is 6.14. The van der Waals surface area contributed by atoms with Gasteiger partial charge in [0.05, 0.1) is 0 Å². The maximum absolute atomic E-state index is 6.16. The minimum atomic E-state index is 0.0704. The highest BCUT2D eigenvalue weighted by Crippen LogP contribution is 2.27. The lowest BCUT2D eigenvalue weighted by Gasteiger charge is -2.09.